The first-order chi connectivity index (χ1) is 8.14. The lowest BCUT2D eigenvalue weighted by molar-refractivity contribution is 0.0446. The largest absolute Gasteiger partial charge is 0.325 e. The van der Waals surface area contributed by atoms with Gasteiger partial charge in [0.1, 0.15) is 0 Å². The van der Waals surface area contributed by atoms with E-state index in [0.717, 1.165) is 12.8 Å². The summed E-state index contributed by atoms with van der Waals surface area (Å²) in [4.78, 5) is 0. The first kappa shape index (κ1) is 17.4. The van der Waals surface area contributed by atoms with Crippen molar-refractivity contribution < 1.29 is 0 Å². The standard InChI is InChI=1S/C17H33N/c1-8-11-12-13-17(7,18)14-16(6,10-3)15(4,5)9-2/h8,11-12H,1,9-10,13-14,18H2,2-7H3/b12-11+. The minimum Gasteiger partial charge on any atom is -0.325 e. The van der Waals surface area contributed by atoms with Crippen LogP contribution in [0.2, 0.25) is 0 Å². The predicted molar refractivity (Wildman–Crippen MR) is 83.6 cm³/mol. The van der Waals surface area contributed by atoms with E-state index in [1.165, 1.54) is 12.8 Å². The van der Waals surface area contributed by atoms with Crippen molar-refractivity contribution in [2.45, 2.75) is 72.8 Å². The van der Waals surface area contributed by atoms with Crippen LogP contribution in [0.1, 0.15) is 67.2 Å². The molecule has 2 unspecified atom stereocenters. The van der Waals surface area contributed by atoms with E-state index in [2.05, 4.69) is 54.2 Å². The van der Waals surface area contributed by atoms with Gasteiger partial charge in [-0.1, -0.05) is 72.3 Å². The zero-order chi connectivity index (χ0) is 14.4. The molecular weight excluding hydrogens is 218 g/mol. The molecule has 0 aliphatic heterocycles. The van der Waals surface area contributed by atoms with Gasteiger partial charge in [0.05, 0.1) is 0 Å². The lowest BCUT2D eigenvalue weighted by atomic mass is 9.59. The van der Waals surface area contributed by atoms with Gasteiger partial charge in [0, 0.05) is 5.54 Å². The summed E-state index contributed by atoms with van der Waals surface area (Å²) in [6.45, 7) is 17.5. The van der Waals surface area contributed by atoms with Gasteiger partial charge in [-0.2, -0.15) is 0 Å². The average Bonchev–Trinajstić information content (AvgIpc) is 2.28. The molecule has 0 aromatic heterocycles. The summed E-state index contributed by atoms with van der Waals surface area (Å²) >= 11 is 0. The van der Waals surface area contributed by atoms with Crippen molar-refractivity contribution in [2.75, 3.05) is 0 Å². The molecule has 0 aliphatic carbocycles. The Labute approximate surface area is 115 Å². The summed E-state index contributed by atoms with van der Waals surface area (Å²) in [7, 11) is 0. The highest BCUT2D eigenvalue weighted by Crippen LogP contribution is 2.49. The molecule has 0 heterocycles. The smallest absolute Gasteiger partial charge is 0.0166 e. The van der Waals surface area contributed by atoms with Gasteiger partial charge in [0.25, 0.3) is 0 Å². The second-order valence-corrected chi connectivity index (χ2v) is 6.85. The first-order valence-corrected chi connectivity index (χ1v) is 7.20. The normalized spacial score (nSPS) is 19.5. The summed E-state index contributed by atoms with van der Waals surface area (Å²) in [6, 6.07) is 0. The summed E-state index contributed by atoms with van der Waals surface area (Å²) in [5.41, 5.74) is 6.95. The highest BCUT2D eigenvalue weighted by Gasteiger charge is 2.41. The van der Waals surface area contributed by atoms with E-state index in [-0.39, 0.29) is 11.0 Å². The first-order valence-electron chi connectivity index (χ1n) is 7.20. The molecule has 0 bridgehead atoms. The molecule has 18 heavy (non-hydrogen) atoms. The highest BCUT2D eigenvalue weighted by atomic mass is 14.7. The maximum Gasteiger partial charge on any atom is 0.0166 e. The average molecular weight is 251 g/mol. The molecule has 0 radical (unpaired) electrons. The van der Waals surface area contributed by atoms with Gasteiger partial charge in [-0.05, 0) is 30.6 Å². The summed E-state index contributed by atoms with van der Waals surface area (Å²) < 4.78 is 0. The molecule has 1 heteroatoms. The lowest BCUT2D eigenvalue weighted by Gasteiger charge is -2.47. The fourth-order valence-corrected chi connectivity index (χ4v) is 2.67. The van der Waals surface area contributed by atoms with Crippen molar-refractivity contribution in [3.8, 4) is 0 Å². The zero-order valence-corrected chi connectivity index (χ0v) is 13.3. The van der Waals surface area contributed by atoms with Gasteiger partial charge in [0.2, 0.25) is 0 Å². The van der Waals surface area contributed by atoms with Crippen molar-refractivity contribution in [3.05, 3.63) is 24.8 Å². The third-order valence-corrected chi connectivity index (χ3v) is 4.95. The quantitative estimate of drug-likeness (QED) is 0.598. The van der Waals surface area contributed by atoms with E-state index in [9.17, 15) is 0 Å². The van der Waals surface area contributed by atoms with Crippen LogP contribution in [-0.4, -0.2) is 5.54 Å². The van der Waals surface area contributed by atoms with E-state index in [1.54, 1.807) is 0 Å². The van der Waals surface area contributed by atoms with E-state index < -0.39 is 0 Å². The maximum absolute atomic E-state index is 6.49. The fourth-order valence-electron chi connectivity index (χ4n) is 2.67. The van der Waals surface area contributed by atoms with Gasteiger partial charge in [-0.25, -0.2) is 0 Å². The molecule has 106 valence electrons. The van der Waals surface area contributed by atoms with Crippen LogP contribution in [0.3, 0.4) is 0 Å². The van der Waals surface area contributed by atoms with Crippen molar-refractivity contribution >= 4 is 0 Å². The monoisotopic (exact) mass is 251 g/mol. The second-order valence-electron chi connectivity index (χ2n) is 6.85. The molecule has 1 nitrogen and oxygen atoms in total. The Morgan fingerprint density at radius 1 is 1.06 bits per heavy atom. The molecule has 0 aromatic carbocycles. The molecule has 0 spiro atoms. The van der Waals surface area contributed by atoms with E-state index in [4.69, 9.17) is 5.73 Å². The van der Waals surface area contributed by atoms with Crippen LogP contribution < -0.4 is 5.73 Å². The maximum atomic E-state index is 6.49. The number of nitrogens with two attached hydrogens (primary N) is 1. The third kappa shape index (κ3) is 4.61. The highest BCUT2D eigenvalue weighted by molar-refractivity contribution is 5.03. The Kier molecular flexibility index (Phi) is 6.36. The number of allylic oxidation sites excluding steroid dienone is 2. The lowest BCUT2D eigenvalue weighted by Crippen LogP contribution is -2.46. The van der Waals surface area contributed by atoms with E-state index >= 15 is 0 Å². The van der Waals surface area contributed by atoms with Crippen LogP contribution in [0, 0.1) is 10.8 Å². The Morgan fingerprint density at radius 2 is 1.61 bits per heavy atom. The molecule has 2 N–H and O–H groups in total. The predicted octanol–water partition coefficient (Wildman–Crippen LogP) is 5.08. The fraction of sp³-hybridized carbons (Fsp3) is 0.765. The minimum atomic E-state index is -0.142. The molecule has 0 aliphatic rings. The van der Waals surface area contributed by atoms with E-state index in [1.807, 2.05) is 12.2 Å². The minimum absolute atomic E-state index is 0.142. The third-order valence-electron chi connectivity index (χ3n) is 4.95. The van der Waals surface area contributed by atoms with Gasteiger partial charge < -0.3 is 5.73 Å². The van der Waals surface area contributed by atoms with Gasteiger partial charge in [-0.3, -0.25) is 0 Å². The summed E-state index contributed by atoms with van der Waals surface area (Å²) in [5.74, 6) is 0. The van der Waals surface area contributed by atoms with Crippen molar-refractivity contribution in [1.29, 1.82) is 0 Å². The van der Waals surface area contributed by atoms with Crippen LogP contribution in [-0.2, 0) is 0 Å². The van der Waals surface area contributed by atoms with Gasteiger partial charge in [0.15, 0.2) is 0 Å². The van der Waals surface area contributed by atoms with Crippen LogP contribution in [0.5, 0.6) is 0 Å². The van der Waals surface area contributed by atoms with Gasteiger partial charge >= 0.3 is 0 Å². The van der Waals surface area contributed by atoms with Crippen molar-refractivity contribution in [1.82, 2.24) is 0 Å². The van der Waals surface area contributed by atoms with Crippen LogP contribution in [0.25, 0.3) is 0 Å². The van der Waals surface area contributed by atoms with Gasteiger partial charge in [-0.15, -0.1) is 0 Å². The molecule has 0 saturated carbocycles. The van der Waals surface area contributed by atoms with Crippen molar-refractivity contribution in [3.63, 3.8) is 0 Å². The molecule has 0 rings (SSSR count). The summed E-state index contributed by atoms with van der Waals surface area (Å²) in [6.07, 6.45) is 10.3. The summed E-state index contributed by atoms with van der Waals surface area (Å²) in [5, 5.41) is 0. The molecular formula is C17H33N. The molecule has 0 amide bonds. The second kappa shape index (κ2) is 6.56. The Morgan fingerprint density at radius 3 is 2.00 bits per heavy atom. The van der Waals surface area contributed by atoms with Crippen molar-refractivity contribution in [2.24, 2.45) is 16.6 Å². The number of hydrogen-bond donors (Lipinski definition) is 1. The van der Waals surface area contributed by atoms with Crippen LogP contribution >= 0.6 is 0 Å². The molecule has 0 fully saturated rings. The number of hydrogen-bond acceptors (Lipinski definition) is 1. The topological polar surface area (TPSA) is 26.0 Å². The zero-order valence-electron chi connectivity index (χ0n) is 13.3. The number of rotatable bonds is 8. The Balaban J connectivity index is 4.90. The Hall–Kier alpha value is -0.560. The Bertz CT molecular complexity index is 286. The van der Waals surface area contributed by atoms with E-state index in [0.29, 0.717) is 5.41 Å². The molecule has 0 saturated heterocycles. The molecule has 0 aromatic rings. The van der Waals surface area contributed by atoms with Crippen LogP contribution in [0.15, 0.2) is 24.8 Å². The SMILES string of the molecule is C=C/C=C/CC(C)(N)CC(C)(CC)C(C)(C)CC. The molecule has 2 atom stereocenters. The van der Waals surface area contributed by atoms with Crippen LogP contribution in [0.4, 0.5) is 0 Å².